The lowest BCUT2D eigenvalue weighted by molar-refractivity contribution is -0.123. The molecule has 0 bridgehead atoms. The molecule has 0 aliphatic carbocycles. The van der Waals surface area contributed by atoms with Gasteiger partial charge in [0.15, 0.2) is 0 Å². The maximum atomic E-state index is 11.6. The van der Waals surface area contributed by atoms with Gasteiger partial charge in [-0.15, -0.1) is 12.4 Å². The average Bonchev–Trinajstić information content (AvgIpc) is 2.46. The van der Waals surface area contributed by atoms with E-state index in [0.717, 1.165) is 17.7 Å². The van der Waals surface area contributed by atoms with Gasteiger partial charge in [0.1, 0.15) is 6.04 Å². The second kappa shape index (κ2) is 11.0. The lowest BCUT2D eigenvalue weighted by atomic mass is 10.2. The number of rotatable bonds is 8. The highest BCUT2D eigenvalue weighted by molar-refractivity contribution is 5.90. The molecule has 0 aromatic heterocycles. The van der Waals surface area contributed by atoms with Crippen LogP contribution in [0.2, 0.25) is 0 Å². The third kappa shape index (κ3) is 7.40. The molecule has 1 rings (SSSR count). The number of nitrogens with two attached hydrogens (primary N) is 1. The van der Waals surface area contributed by atoms with Crippen molar-refractivity contribution in [2.45, 2.75) is 32.4 Å². The van der Waals surface area contributed by atoms with Gasteiger partial charge in [-0.05, 0) is 24.1 Å². The van der Waals surface area contributed by atoms with Crippen molar-refractivity contribution in [3.8, 4) is 0 Å². The zero-order valence-corrected chi connectivity index (χ0v) is 13.7. The fraction of sp³-hybridized carbons (Fsp3) is 0.467. The summed E-state index contributed by atoms with van der Waals surface area (Å²) in [7, 11) is 1.50. The van der Waals surface area contributed by atoms with Crippen LogP contribution in [-0.4, -0.2) is 31.6 Å². The molecule has 0 saturated carbocycles. The van der Waals surface area contributed by atoms with Gasteiger partial charge < -0.3 is 21.1 Å². The molecular weight excluding hydrogens is 306 g/mol. The number of amides is 2. The number of carbonyl (C=O) groups excluding carboxylic acids is 2. The molecule has 4 N–H and O–H groups in total. The van der Waals surface area contributed by atoms with Crippen molar-refractivity contribution in [3.63, 3.8) is 0 Å². The Morgan fingerprint density at radius 1 is 1.27 bits per heavy atom. The van der Waals surface area contributed by atoms with Gasteiger partial charge in [-0.2, -0.15) is 0 Å². The molecule has 1 unspecified atom stereocenters. The highest BCUT2D eigenvalue weighted by Crippen LogP contribution is 2.10. The van der Waals surface area contributed by atoms with Crippen LogP contribution in [0.15, 0.2) is 24.3 Å². The monoisotopic (exact) mass is 329 g/mol. The van der Waals surface area contributed by atoms with E-state index in [1.54, 1.807) is 0 Å². The quantitative estimate of drug-likeness (QED) is 0.672. The van der Waals surface area contributed by atoms with Crippen molar-refractivity contribution in [1.29, 1.82) is 0 Å². The minimum atomic E-state index is -0.664. The molecule has 0 heterocycles. The zero-order chi connectivity index (χ0) is 15.7. The third-order valence-electron chi connectivity index (χ3n) is 2.86. The van der Waals surface area contributed by atoms with Gasteiger partial charge in [0.05, 0.1) is 6.61 Å². The molecule has 7 heteroatoms. The molecule has 124 valence electrons. The number of anilines is 1. The van der Waals surface area contributed by atoms with Crippen LogP contribution in [0.1, 0.15) is 25.3 Å². The lowest BCUT2D eigenvalue weighted by Crippen LogP contribution is -2.43. The Labute approximate surface area is 137 Å². The van der Waals surface area contributed by atoms with Crippen molar-refractivity contribution in [2.75, 3.05) is 19.0 Å². The predicted molar refractivity (Wildman–Crippen MR) is 88.9 cm³/mol. The standard InChI is InChI=1S/C15H23N3O3.ClH/c1-3-4-14(19)18-12-7-5-11(6-8-12)9-17-15(20)13(16)10-21-2;/h5-8,13H,3-4,9-10,16H2,1-2H3,(H,17,20)(H,18,19);1H. The fourth-order valence-corrected chi connectivity index (χ4v) is 1.73. The normalized spacial score (nSPS) is 11.2. The van der Waals surface area contributed by atoms with Gasteiger partial charge in [0.25, 0.3) is 0 Å². The molecule has 22 heavy (non-hydrogen) atoms. The first-order chi connectivity index (χ1) is 10.1. The lowest BCUT2D eigenvalue weighted by Gasteiger charge is -2.11. The molecule has 0 aliphatic rings. The van der Waals surface area contributed by atoms with E-state index in [1.807, 2.05) is 31.2 Å². The molecule has 1 aromatic carbocycles. The molecular formula is C15H24ClN3O3. The molecule has 0 spiro atoms. The average molecular weight is 330 g/mol. The number of methoxy groups -OCH3 is 1. The van der Waals surface area contributed by atoms with E-state index in [9.17, 15) is 9.59 Å². The largest absolute Gasteiger partial charge is 0.383 e. The van der Waals surface area contributed by atoms with Crippen molar-refractivity contribution in [3.05, 3.63) is 29.8 Å². The van der Waals surface area contributed by atoms with E-state index in [2.05, 4.69) is 10.6 Å². The van der Waals surface area contributed by atoms with Crippen LogP contribution in [0.25, 0.3) is 0 Å². The van der Waals surface area contributed by atoms with Crippen LogP contribution < -0.4 is 16.4 Å². The molecule has 0 saturated heterocycles. The molecule has 0 fully saturated rings. The minimum Gasteiger partial charge on any atom is -0.383 e. The van der Waals surface area contributed by atoms with E-state index < -0.39 is 6.04 Å². The van der Waals surface area contributed by atoms with Gasteiger partial charge in [-0.3, -0.25) is 9.59 Å². The molecule has 6 nitrogen and oxygen atoms in total. The second-order valence-corrected chi connectivity index (χ2v) is 4.77. The Kier molecular flexibility index (Phi) is 10.2. The Morgan fingerprint density at radius 2 is 1.91 bits per heavy atom. The van der Waals surface area contributed by atoms with E-state index in [-0.39, 0.29) is 30.8 Å². The first kappa shape index (κ1) is 20.4. The number of ether oxygens (including phenoxy) is 1. The second-order valence-electron chi connectivity index (χ2n) is 4.77. The highest BCUT2D eigenvalue weighted by atomic mass is 35.5. The summed E-state index contributed by atoms with van der Waals surface area (Å²) in [5.74, 6) is -0.249. The zero-order valence-electron chi connectivity index (χ0n) is 12.9. The van der Waals surface area contributed by atoms with Crippen LogP contribution in [0.4, 0.5) is 5.69 Å². The molecule has 1 aromatic rings. The van der Waals surface area contributed by atoms with Gasteiger partial charge in [-0.25, -0.2) is 0 Å². The Bertz CT molecular complexity index is 466. The molecule has 0 radical (unpaired) electrons. The first-order valence-electron chi connectivity index (χ1n) is 6.97. The maximum Gasteiger partial charge on any atom is 0.239 e. The summed E-state index contributed by atoms with van der Waals surface area (Å²) >= 11 is 0. The smallest absolute Gasteiger partial charge is 0.239 e. The summed E-state index contributed by atoms with van der Waals surface area (Å²) in [6, 6.07) is 6.66. The Morgan fingerprint density at radius 3 is 2.45 bits per heavy atom. The van der Waals surface area contributed by atoms with E-state index in [1.165, 1.54) is 7.11 Å². The number of halogens is 1. The van der Waals surface area contributed by atoms with Crippen molar-refractivity contribution in [2.24, 2.45) is 5.73 Å². The van der Waals surface area contributed by atoms with E-state index in [4.69, 9.17) is 10.5 Å². The first-order valence-corrected chi connectivity index (χ1v) is 6.97. The molecule has 2 amide bonds. The number of benzene rings is 1. The number of hydrogen-bond donors (Lipinski definition) is 3. The highest BCUT2D eigenvalue weighted by Gasteiger charge is 2.12. The SMILES string of the molecule is CCCC(=O)Nc1ccc(CNC(=O)C(N)COC)cc1.Cl. The van der Waals surface area contributed by atoms with Crippen molar-refractivity contribution in [1.82, 2.24) is 5.32 Å². The van der Waals surface area contributed by atoms with Crippen LogP contribution in [0.3, 0.4) is 0 Å². The summed E-state index contributed by atoms with van der Waals surface area (Å²) in [6.07, 6.45) is 1.33. The van der Waals surface area contributed by atoms with Gasteiger partial charge >= 0.3 is 0 Å². The van der Waals surface area contributed by atoms with Gasteiger partial charge in [-0.1, -0.05) is 19.1 Å². The van der Waals surface area contributed by atoms with Crippen LogP contribution in [0, 0.1) is 0 Å². The molecule has 1 atom stereocenters. The summed E-state index contributed by atoms with van der Waals surface area (Å²) in [5.41, 5.74) is 7.30. The van der Waals surface area contributed by atoms with E-state index in [0.29, 0.717) is 13.0 Å². The van der Waals surface area contributed by atoms with E-state index >= 15 is 0 Å². The van der Waals surface area contributed by atoms with Crippen molar-refractivity contribution >= 4 is 29.9 Å². The number of nitrogens with one attached hydrogen (secondary N) is 2. The van der Waals surface area contributed by atoms with Gasteiger partial charge in [0, 0.05) is 25.8 Å². The third-order valence-corrected chi connectivity index (χ3v) is 2.86. The summed E-state index contributed by atoms with van der Waals surface area (Å²) in [4.78, 5) is 23.1. The summed E-state index contributed by atoms with van der Waals surface area (Å²) in [6.45, 7) is 2.54. The summed E-state index contributed by atoms with van der Waals surface area (Å²) in [5, 5.41) is 5.54. The number of hydrogen-bond acceptors (Lipinski definition) is 4. The van der Waals surface area contributed by atoms with Gasteiger partial charge in [0.2, 0.25) is 11.8 Å². The number of carbonyl (C=O) groups is 2. The van der Waals surface area contributed by atoms with Crippen LogP contribution >= 0.6 is 12.4 Å². The van der Waals surface area contributed by atoms with Crippen LogP contribution in [-0.2, 0) is 20.9 Å². The fourth-order valence-electron chi connectivity index (χ4n) is 1.73. The topological polar surface area (TPSA) is 93.5 Å². The minimum absolute atomic E-state index is 0. The maximum absolute atomic E-state index is 11.6. The predicted octanol–water partition coefficient (Wildman–Crippen LogP) is 1.44. The Hall–Kier alpha value is -1.63. The van der Waals surface area contributed by atoms with Crippen LogP contribution in [0.5, 0.6) is 0 Å². The van der Waals surface area contributed by atoms with Crippen molar-refractivity contribution < 1.29 is 14.3 Å². The molecule has 0 aliphatic heterocycles. The Balaban J connectivity index is 0.00000441. The summed E-state index contributed by atoms with van der Waals surface area (Å²) < 4.78 is 4.82.